The molecule has 0 unspecified atom stereocenters. The number of primary amides is 1. The number of hydrogen-bond acceptors (Lipinski definition) is 3. The van der Waals surface area contributed by atoms with E-state index in [1.54, 1.807) is 24.5 Å². The number of nitrogens with two attached hydrogens (primary N) is 1. The third kappa shape index (κ3) is 3.83. The molecular weight excluding hydrogens is 276 g/mol. The zero-order valence-electron chi connectivity index (χ0n) is 10.8. The predicted octanol–water partition coefficient (Wildman–Crippen LogP) is 2.58. The number of rotatable bonds is 5. The van der Waals surface area contributed by atoms with E-state index in [4.69, 9.17) is 10.5 Å². The second-order valence-electron chi connectivity index (χ2n) is 3.98. The zero-order valence-corrected chi connectivity index (χ0v) is 11.6. The van der Waals surface area contributed by atoms with E-state index in [-0.39, 0.29) is 18.0 Å². The number of para-hydroxylation sites is 1. The molecule has 0 atom stereocenters. The maximum Gasteiger partial charge on any atom is 0.248 e. The lowest BCUT2D eigenvalue weighted by atomic mass is 10.1. The Bertz CT molecular complexity index is 600. The Morgan fingerprint density at radius 2 is 1.85 bits per heavy atom. The summed E-state index contributed by atoms with van der Waals surface area (Å²) in [5.41, 5.74) is 7.09. The van der Waals surface area contributed by atoms with Crippen LogP contribution in [-0.4, -0.2) is 10.9 Å². The summed E-state index contributed by atoms with van der Waals surface area (Å²) >= 11 is 0. The quantitative estimate of drug-likeness (QED) is 0.861. The normalized spacial score (nSPS) is 9.40. The molecule has 2 rings (SSSR count). The number of carbonyl (C=O) groups excluding carboxylic acids is 1. The van der Waals surface area contributed by atoms with Gasteiger partial charge in [0.25, 0.3) is 0 Å². The van der Waals surface area contributed by atoms with E-state index >= 15 is 0 Å². The van der Waals surface area contributed by atoms with Crippen LogP contribution in [0.25, 0.3) is 5.57 Å². The van der Waals surface area contributed by atoms with Gasteiger partial charge in [0, 0.05) is 23.5 Å². The highest BCUT2D eigenvalue weighted by molar-refractivity contribution is 6.18. The van der Waals surface area contributed by atoms with Crippen molar-refractivity contribution >= 4 is 23.9 Å². The van der Waals surface area contributed by atoms with E-state index < -0.39 is 5.91 Å². The molecule has 4 nitrogen and oxygen atoms in total. The summed E-state index contributed by atoms with van der Waals surface area (Å²) in [6.45, 7) is 4.07. The number of carbonyl (C=O) groups is 1. The molecule has 20 heavy (non-hydrogen) atoms. The van der Waals surface area contributed by atoms with Crippen molar-refractivity contribution in [3.8, 4) is 5.75 Å². The molecular formula is C15H15ClN2O2. The SMILES string of the molecule is C=C(C(N)=O)c1ccccc1OCc1ccncc1.Cl. The monoisotopic (exact) mass is 290 g/mol. The maximum atomic E-state index is 11.2. The van der Waals surface area contributed by atoms with Crippen LogP contribution in [0.3, 0.4) is 0 Å². The van der Waals surface area contributed by atoms with Crippen molar-refractivity contribution in [2.45, 2.75) is 6.61 Å². The predicted molar refractivity (Wildman–Crippen MR) is 80.5 cm³/mol. The minimum Gasteiger partial charge on any atom is -0.488 e. The molecule has 0 spiro atoms. The van der Waals surface area contributed by atoms with Gasteiger partial charge in [-0.1, -0.05) is 24.8 Å². The van der Waals surface area contributed by atoms with Crippen molar-refractivity contribution in [2.75, 3.05) is 0 Å². The highest BCUT2D eigenvalue weighted by Crippen LogP contribution is 2.25. The second kappa shape index (κ2) is 7.31. The molecule has 1 heterocycles. The third-order valence-electron chi connectivity index (χ3n) is 2.65. The van der Waals surface area contributed by atoms with E-state index in [0.29, 0.717) is 17.9 Å². The number of aromatic nitrogens is 1. The van der Waals surface area contributed by atoms with Gasteiger partial charge in [0.05, 0.1) is 0 Å². The molecule has 5 heteroatoms. The fraction of sp³-hybridized carbons (Fsp3) is 0.0667. The van der Waals surface area contributed by atoms with Gasteiger partial charge in [0.2, 0.25) is 5.91 Å². The largest absolute Gasteiger partial charge is 0.488 e. The summed E-state index contributed by atoms with van der Waals surface area (Å²) in [5, 5.41) is 0. The molecule has 2 aromatic rings. The van der Waals surface area contributed by atoms with E-state index in [9.17, 15) is 4.79 Å². The minimum absolute atomic E-state index is 0. The van der Waals surface area contributed by atoms with Crippen molar-refractivity contribution < 1.29 is 9.53 Å². The van der Waals surface area contributed by atoms with Gasteiger partial charge < -0.3 is 10.5 Å². The standard InChI is InChI=1S/C15H14N2O2.ClH/c1-11(15(16)18)13-4-2-3-5-14(13)19-10-12-6-8-17-9-7-12;/h2-9H,1,10H2,(H2,16,18);1H. The third-order valence-corrected chi connectivity index (χ3v) is 2.65. The van der Waals surface area contributed by atoms with Crippen molar-refractivity contribution in [3.05, 3.63) is 66.5 Å². The molecule has 0 bridgehead atoms. The Morgan fingerprint density at radius 3 is 2.50 bits per heavy atom. The summed E-state index contributed by atoms with van der Waals surface area (Å²) in [6, 6.07) is 10.9. The van der Waals surface area contributed by atoms with Gasteiger partial charge in [-0.3, -0.25) is 9.78 Å². The molecule has 2 N–H and O–H groups in total. The Morgan fingerprint density at radius 1 is 1.20 bits per heavy atom. The molecule has 0 fully saturated rings. The number of hydrogen-bond donors (Lipinski definition) is 1. The second-order valence-corrected chi connectivity index (χ2v) is 3.98. The van der Waals surface area contributed by atoms with Crippen LogP contribution in [-0.2, 0) is 11.4 Å². The number of amides is 1. The molecule has 104 valence electrons. The van der Waals surface area contributed by atoms with Crippen LogP contribution in [0.1, 0.15) is 11.1 Å². The van der Waals surface area contributed by atoms with Gasteiger partial charge in [-0.2, -0.15) is 0 Å². The molecule has 1 amide bonds. The number of ether oxygens (including phenoxy) is 1. The highest BCUT2D eigenvalue weighted by atomic mass is 35.5. The van der Waals surface area contributed by atoms with Gasteiger partial charge in [0.15, 0.2) is 0 Å². The van der Waals surface area contributed by atoms with Crippen LogP contribution >= 0.6 is 12.4 Å². The fourth-order valence-electron chi connectivity index (χ4n) is 1.61. The summed E-state index contributed by atoms with van der Waals surface area (Å²) in [7, 11) is 0. The number of pyridine rings is 1. The van der Waals surface area contributed by atoms with E-state index in [1.165, 1.54) is 0 Å². The van der Waals surface area contributed by atoms with Crippen LogP contribution < -0.4 is 10.5 Å². The Hall–Kier alpha value is -2.33. The van der Waals surface area contributed by atoms with Gasteiger partial charge in [-0.15, -0.1) is 12.4 Å². The Labute approximate surface area is 123 Å². The molecule has 0 saturated carbocycles. The lowest BCUT2D eigenvalue weighted by molar-refractivity contribution is -0.112. The topological polar surface area (TPSA) is 65.2 Å². The van der Waals surface area contributed by atoms with Gasteiger partial charge in [-0.25, -0.2) is 0 Å². The number of halogens is 1. The summed E-state index contributed by atoms with van der Waals surface area (Å²) in [6.07, 6.45) is 3.40. The van der Waals surface area contributed by atoms with Crippen molar-refractivity contribution in [1.82, 2.24) is 4.98 Å². The van der Waals surface area contributed by atoms with Crippen LogP contribution in [0.15, 0.2) is 55.4 Å². The fourth-order valence-corrected chi connectivity index (χ4v) is 1.61. The van der Waals surface area contributed by atoms with Gasteiger partial charge in [0.1, 0.15) is 12.4 Å². The highest BCUT2D eigenvalue weighted by Gasteiger charge is 2.11. The molecule has 0 saturated heterocycles. The lowest BCUT2D eigenvalue weighted by Gasteiger charge is -2.11. The first-order valence-corrected chi connectivity index (χ1v) is 5.78. The van der Waals surface area contributed by atoms with Crippen molar-refractivity contribution in [1.29, 1.82) is 0 Å². The van der Waals surface area contributed by atoms with Crippen LogP contribution in [0, 0.1) is 0 Å². The summed E-state index contributed by atoms with van der Waals surface area (Å²) in [4.78, 5) is 15.1. The Balaban J connectivity index is 0.00000200. The first-order chi connectivity index (χ1) is 9.18. The molecule has 1 aromatic heterocycles. The first-order valence-electron chi connectivity index (χ1n) is 5.78. The van der Waals surface area contributed by atoms with Gasteiger partial charge in [-0.05, 0) is 23.8 Å². The smallest absolute Gasteiger partial charge is 0.248 e. The van der Waals surface area contributed by atoms with Crippen molar-refractivity contribution in [3.63, 3.8) is 0 Å². The molecule has 0 aliphatic heterocycles. The molecule has 0 aliphatic rings. The summed E-state index contributed by atoms with van der Waals surface area (Å²) < 4.78 is 5.70. The first kappa shape index (κ1) is 15.7. The molecule has 1 aromatic carbocycles. The number of benzene rings is 1. The average Bonchev–Trinajstić information content (AvgIpc) is 2.45. The van der Waals surface area contributed by atoms with Crippen LogP contribution in [0.4, 0.5) is 0 Å². The van der Waals surface area contributed by atoms with E-state index in [1.807, 2.05) is 24.3 Å². The summed E-state index contributed by atoms with van der Waals surface area (Å²) in [5.74, 6) is 0.0306. The average molecular weight is 291 g/mol. The van der Waals surface area contributed by atoms with Crippen molar-refractivity contribution in [2.24, 2.45) is 5.73 Å². The van der Waals surface area contributed by atoms with Crippen LogP contribution in [0.5, 0.6) is 5.75 Å². The zero-order chi connectivity index (χ0) is 13.7. The number of nitrogens with zero attached hydrogens (tertiary/aromatic N) is 1. The van der Waals surface area contributed by atoms with E-state index in [0.717, 1.165) is 5.56 Å². The molecule has 0 aliphatic carbocycles. The maximum absolute atomic E-state index is 11.2. The van der Waals surface area contributed by atoms with E-state index in [2.05, 4.69) is 11.6 Å². The minimum atomic E-state index is -0.556. The molecule has 0 radical (unpaired) electrons. The Kier molecular flexibility index (Phi) is 5.74. The van der Waals surface area contributed by atoms with Crippen LogP contribution in [0.2, 0.25) is 0 Å². The van der Waals surface area contributed by atoms with Gasteiger partial charge >= 0.3 is 0 Å². The lowest BCUT2D eigenvalue weighted by Crippen LogP contribution is -2.12.